The molecule has 0 bridgehead atoms. The normalized spacial score (nSPS) is 13.9. The molecule has 2 aromatic rings. The van der Waals surface area contributed by atoms with Gasteiger partial charge in [-0.2, -0.15) is 0 Å². The van der Waals surface area contributed by atoms with Crippen molar-refractivity contribution in [2.75, 3.05) is 6.61 Å². The second kappa shape index (κ2) is 4.63. The zero-order chi connectivity index (χ0) is 14.3. The SMILES string of the molecule is CC1=C(c2ccc(F)c(F)c2)COc2cc(O)ccc21. The Morgan fingerprint density at radius 3 is 2.60 bits per heavy atom. The van der Waals surface area contributed by atoms with Gasteiger partial charge in [0, 0.05) is 17.2 Å². The molecule has 0 fully saturated rings. The van der Waals surface area contributed by atoms with Gasteiger partial charge in [-0.1, -0.05) is 6.07 Å². The molecule has 0 atom stereocenters. The van der Waals surface area contributed by atoms with Crippen molar-refractivity contribution in [1.82, 2.24) is 0 Å². The average molecular weight is 274 g/mol. The number of benzene rings is 2. The molecule has 0 saturated carbocycles. The highest BCUT2D eigenvalue weighted by molar-refractivity contribution is 5.93. The first-order chi connectivity index (χ1) is 9.56. The topological polar surface area (TPSA) is 29.5 Å². The number of hydrogen-bond acceptors (Lipinski definition) is 2. The smallest absolute Gasteiger partial charge is 0.159 e. The number of fused-ring (bicyclic) bond motifs is 1. The zero-order valence-corrected chi connectivity index (χ0v) is 10.8. The number of halogens is 2. The van der Waals surface area contributed by atoms with Crippen molar-refractivity contribution in [2.45, 2.75) is 6.92 Å². The fraction of sp³-hybridized carbons (Fsp3) is 0.125. The van der Waals surface area contributed by atoms with E-state index in [0.29, 0.717) is 11.3 Å². The molecule has 1 heterocycles. The van der Waals surface area contributed by atoms with Crippen molar-refractivity contribution >= 4 is 11.1 Å². The van der Waals surface area contributed by atoms with Gasteiger partial charge in [0.2, 0.25) is 0 Å². The van der Waals surface area contributed by atoms with E-state index in [1.807, 2.05) is 6.92 Å². The molecular formula is C16H12F2O2. The quantitative estimate of drug-likeness (QED) is 0.852. The third-order valence-corrected chi connectivity index (χ3v) is 3.46. The van der Waals surface area contributed by atoms with Crippen LogP contribution in [0.3, 0.4) is 0 Å². The van der Waals surface area contributed by atoms with Crippen LogP contribution in [0.15, 0.2) is 36.4 Å². The lowest BCUT2D eigenvalue weighted by atomic mass is 9.93. The highest BCUT2D eigenvalue weighted by atomic mass is 19.2. The van der Waals surface area contributed by atoms with E-state index < -0.39 is 11.6 Å². The Bertz CT molecular complexity index is 720. The van der Waals surface area contributed by atoms with Gasteiger partial charge in [-0.05, 0) is 42.3 Å². The standard InChI is InChI=1S/C16H12F2O2/c1-9-12-4-3-11(19)7-16(12)20-8-13(9)10-2-5-14(17)15(18)6-10/h2-7,19H,8H2,1H3. The number of rotatable bonds is 1. The van der Waals surface area contributed by atoms with E-state index in [1.54, 1.807) is 18.2 Å². The lowest BCUT2D eigenvalue weighted by Gasteiger charge is -2.22. The number of phenols is 1. The number of hydrogen-bond donors (Lipinski definition) is 1. The summed E-state index contributed by atoms with van der Waals surface area (Å²) in [4.78, 5) is 0. The molecule has 0 amide bonds. The van der Waals surface area contributed by atoms with Gasteiger partial charge in [0.05, 0.1) is 0 Å². The van der Waals surface area contributed by atoms with Crippen molar-refractivity contribution in [3.8, 4) is 11.5 Å². The molecule has 102 valence electrons. The molecule has 1 N–H and O–H groups in total. The Balaban J connectivity index is 2.12. The first-order valence-corrected chi connectivity index (χ1v) is 6.17. The maximum Gasteiger partial charge on any atom is 0.159 e. The summed E-state index contributed by atoms with van der Waals surface area (Å²) in [7, 11) is 0. The summed E-state index contributed by atoms with van der Waals surface area (Å²) in [5.41, 5.74) is 3.17. The molecule has 0 aliphatic carbocycles. The van der Waals surface area contributed by atoms with Crippen molar-refractivity contribution in [3.05, 3.63) is 59.2 Å². The first-order valence-electron chi connectivity index (χ1n) is 6.17. The van der Waals surface area contributed by atoms with Gasteiger partial charge in [-0.3, -0.25) is 0 Å². The largest absolute Gasteiger partial charge is 0.508 e. The van der Waals surface area contributed by atoms with Gasteiger partial charge >= 0.3 is 0 Å². The minimum absolute atomic E-state index is 0.132. The molecule has 2 aromatic carbocycles. The van der Waals surface area contributed by atoms with E-state index in [1.165, 1.54) is 12.1 Å². The number of aromatic hydroxyl groups is 1. The van der Waals surface area contributed by atoms with Gasteiger partial charge in [-0.25, -0.2) is 8.78 Å². The maximum absolute atomic E-state index is 13.3. The van der Waals surface area contributed by atoms with Crippen LogP contribution in [-0.2, 0) is 0 Å². The van der Waals surface area contributed by atoms with Gasteiger partial charge in [0.1, 0.15) is 18.1 Å². The first kappa shape index (κ1) is 12.7. The predicted octanol–water partition coefficient (Wildman–Crippen LogP) is 3.99. The van der Waals surface area contributed by atoms with Crippen molar-refractivity contribution in [2.24, 2.45) is 0 Å². The summed E-state index contributed by atoms with van der Waals surface area (Å²) in [5.74, 6) is -1.02. The lowest BCUT2D eigenvalue weighted by Crippen LogP contribution is -2.10. The van der Waals surface area contributed by atoms with Crippen molar-refractivity contribution in [3.63, 3.8) is 0 Å². The Kier molecular flexibility index (Phi) is 2.93. The van der Waals surface area contributed by atoms with E-state index in [-0.39, 0.29) is 12.4 Å². The second-order valence-electron chi connectivity index (χ2n) is 4.70. The Hall–Kier alpha value is -2.36. The maximum atomic E-state index is 13.3. The van der Waals surface area contributed by atoms with Crippen LogP contribution in [0.4, 0.5) is 8.78 Å². The molecule has 1 aliphatic rings. The van der Waals surface area contributed by atoms with E-state index in [9.17, 15) is 13.9 Å². The van der Waals surface area contributed by atoms with E-state index in [0.717, 1.165) is 22.8 Å². The van der Waals surface area contributed by atoms with Gasteiger partial charge in [0.15, 0.2) is 11.6 Å². The van der Waals surface area contributed by atoms with Crippen LogP contribution in [0.1, 0.15) is 18.1 Å². The number of allylic oxidation sites excluding steroid dienone is 1. The predicted molar refractivity (Wildman–Crippen MR) is 72.4 cm³/mol. The number of phenolic OH excluding ortho intramolecular Hbond substituents is 1. The molecule has 4 heteroatoms. The molecular weight excluding hydrogens is 262 g/mol. The van der Waals surface area contributed by atoms with Gasteiger partial charge < -0.3 is 9.84 Å². The second-order valence-corrected chi connectivity index (χ2v) is 4.70. The van der Waals surface area contributed by atoms with Gasteiger partial charge in [-0.15, -0.1) is 0 Å². The summed E-state index contributed by atoms with van der Waals surface area (Å²) >= 11 is 0. The summed E-state index contributed by atoms with van der Waals surface area (Å²) in [5, 5.41) is 9.44. The Morgan fingerprint density at radius 2 is 1.85 bits per heavy atom. The van der Waals surface area contributed by atoms with Crippen molar-refractivity contribution < 1.29 is 18.6 Å². The molecule has 1 aliphatic heterocycles. The molecule has 0 saturated heterocycles. The van der Waals surface area contributed by atoms with E-state index >= 15 is 0 Å². The Morgan fingerprint density at radius 1 is 1.05 bits per heavy atom. The van der Waals surface area contributed by atoms with E-state index in [4.69, 9.17) is 4.74 Å². The monoisotopic (exact) mass is 274 g/mol. The molecule has 20 heavy (non-hydrogen) atoms. The summed E-state index contributed by atoms with van der Waals surface area (Å²) in [6.07, 6.45) is 0. The number of ether oxygens (including phenoxy) is 1. The molecule has 3 rings (SSSR count). The minimum Gasteiger partial charge on any atom is -0.508 e. The summed E-state index contributed by atoms with van der Waals surface area (Å²) in [6.45, 7) is 2.16. The minimum atomic E-state index is -0.876. The summed E-state index contributed by atoms with van der Waals surface area (Å²) < 4.78 is 31.9. The fourth-order valence-electron chi connectivity index (χ4n) is 2.34. The van der Waals surface area contributed by atoms with Crippen LogP contribution in [0.25, 0.3) is 11.1 Å². The summed E-state index contributed by atoms with van der Waals surface area (Å²) in [6, 6.07) is 8.67. The van der Waals surface area contributed by atoms with Crippen LogP contribution >= 0.6 is 0 Å². The fourth-order valence-corrected chi connectivity index (χ4v) is 2.34. The molecule has 0 unspecified atom stereocenters. The van der Waals surface area contributed by atoms with Crippen LogP contribution in [-0.4, -0.2) is 11.7 Å². The third-order valence-electron chi connectivity index (χ3n) is 3.46. The lowest BCUT2D eigenvalue weighted by molar-refractivity contribution is 0.361. The molecule has 0 spiro atoms. The van der Waals surface area contributed by atoms with Crippen LogP contribution < -0.4 is 4.74 Å². The zero-order valence-electron chi connectivity index (χ0n) is 10.8. The van der Waals surface area contributed by atoms with Gasteiger partial charge in [0.25, 0.3) is 0 Å². The van der Waals surface area contributed by atoms with Crippen LogP contribution in [0.2, 0.25) is 0 Å². The van der Waals surface area contributed by atoms with Crippen molar-refractivity contribution in [1.29, 1.82) is 0 Å². The Labute approximate surface area is 114 Å². The molecule has 0 aromatic heterocycles. The highest BCUT2D eigenvalue weighted by Crippen LogP contribution is 2.38. The average Bonchev–Trinajstić information content (AvgIpc) is 2.42. The highest BCUT2D eigenvalue weighted by Gasteiger charge is 2.19. The van der Waals surface area contributed by atoms with E-state index in [2.05, 4.69) is 0 Å². The van der Waals surface area contributed by atoms with Crippen LogP contribution in [0, 0.1) is 11.6 Å². The molecule has 2 nitrogen and oxygen atoms in total. The molecule has 0 radical (unpaired) electrons. The third kappa shape index (κ3) is 2.03. The van der Waals surface area contributed by atoms with Crippen LogP contribution in [0.5, 0.6) is 11.5 Å².